The molecule has 0 fully saturated rings. The van der Waals surface area contributed by atoms with Crippen molar-refractivity contribution in [3.63, 3.8) is 0 Å². The van der Waals surface area contributed by atoms with Crippen LogP contribution in [-0.4, -0.2) is 12.6 Å². The number of carbonyl (C=O) groups excluding carboxylic acids is 1. The third kappa shape index (κ3) is 11.4. The summed E-state index contributed by atoms with van der Waals surface area (Å²) >= 11 is 0. The van der Waals surface area contributed by atoms with Crippen LogP contribution in [0.25, 0.3) is 0 Å². The molecule has 0 aliphatic heterocycles. The average Bonchev–Trinajstić information content (AvgIpc) is 2.26. The van der Waals surface area contributed by atoms with E-state index in [1.807, 2.05) is 0 Å². The van der Waals surface area contributed by atoms with Crippen LogP contribution in [0.1, 0.15) is 64.7 Å². The van der Waals surface area contributed by atoms with Crippen molar-refractivity contribution in [2.45, 2.75) is 64.7 Å². The van der Waals surface area contributed by atoms with E-state index in [1.165, 1.54) is 44.9 Å². The summed E-state index contributed by atoms with van der Waals surface area (Å²) in [5.41, 5.74) is 0. The van der Waals surface area contributed by atoms with E-state index in [4.69, 9.17) is 4.74 Å². The number of hydrogen-bond donors (Lipinski definition) is 0. The molecule has 0 saturated heterocycles. The Balaban J connectivity index is 2.95. The highest BCUT2D eigenvalue weighted by Crippen LogP contribution is 2.08. The molecule has 0 aliphatic carbocycles. The molecule has 0 aromatic rings. The summed E-state index contributed by atoms with van der Waals surface area (Å²) in [6, 6.07) is 0. The van der Waals surface area contributed by atoms with E-state index in [0.29, 0.717) is 6.61 Å². The first-order valence-corrected chi connectivity index (χ1v) is 6.26. The summed E-state index contributed by atoms with van der Waals surface area (Å²) < 4.78 is 4.93. The smallest absolute Gasteiger partial charge is 0.305 e. The second kappa shape index (κ2) is 11.5. The van der Waals surface area contributed by atoms with Crippen LogP contribution in [0.5, 0.6) is 0 Å². The van der Waals surface area contributed by atoms with Crippen molar-refractivity contribution in [3.8, 4) is 0 Å². The minimum Gasteiger partial charge on any atom is -0.466 e. The highest BCUT2D eigenvalue weighted by Gasteiger charge is 1.97. The summed E-state index contributed by atoms with van der Waals surface area (Å²) in [5.74, 6) is -0.182. The predicted molar refractivity (Wildman–Crippen MR) is 63.5 cm³/mol. The van der Waals surface area contributed by atoms with Gasteiger partial charge in [0.2, 0.25) is 0 Å². The van der Waals surface area contributed by atoms with Gasteiger partial charge in [-0.05, 0) is 13.3 Å². The Morgan fingerprint density at radius 1 is 1.00 bits per heavy atom. The van der Waals surface area contributed by atoms with Crippen LogP contribution in [0, 0.1) is 6.92 Å². The molecule has 2 nitrogen and oxygen atoms in total. The monoisotopic (exact) mass is 213 g/mol. The average molecular weight is 213 g/mol. The molecule has 0 heterocycles. The fourth-order valence-corrected chi connectivity index (χ4v) is 1.49. The number of carbonyl (C=O) groups is 1. The van der Waals surface area contributed by atoms with Crippen LogP contribution >= 0.6 is 0 Å². The number of esters is 1. The lowest BCUT2D eigenvalue weighted by molar-refractivity contribution is -0.142. The van der Waals surface area contributed by atoms with Crippen LogP contribution in [0.2, 0.25) is 0 Å². The maximum atomic E-state index is 10.7. The second-order valence-electron chi connectivity index (χ2n) is 3.95. The van der Waals surface area contributed by atoms with E-state index in [-0.39, 0.29) is 12.4 Å². The lowest BCUT2D eigenvalue weighted by atomic mass is 10.1. The standard InChI is InChI=1S/C13H25O2/c1-3-5-6-7-8-9-10-11-12-15-13(14)4-2/h2-12H2,1H3. The zero-order chi connectivity index (χ0) is 11.4. The zero-order valence-electron chi connectivity index (χ0n) is 10.1. The molecule has 0 aromatic carbocycles. The number of rotatable bonds is 10. The summed E-state index contributed by atoms with van der Waals surface area (Å²) in [4.78, 5) is 10.7. The summed E-state index contributed by atoms with van der Waals surface area (Å²) in [6.45, 7) is 6.27. The molecule has 0 saturated carbocycles. The molecule has 1 radical (unpaired) electrons. The minimum absolute atomic E-state index is 0.182. The fourth-order valence-electron chi connectivity index (χ4n) is 1.49. The van der Waals surface area contributed by atoms with Gasteiger partial charge in [-0.1, -0.05) is 51.9 Å². The zero-order valence-corrected chi connectivity index (χ0v) is 10.1. The fraction of sp³-hybridized carbons (Fsp3) is 0.846. The van der Waals surface area contributed by atoms with Crippen molar-refractivity contribution in [2.75, 3.05) is 6.61 Å². The van der Waals surface area contributed by atoms with Gasteiger partial charge in [-0.2, -0.15) is 0 Å². The molecule has 2 heteroatoms. The minimum atomic E-state index is -0.182. The molecule has 89 valence electrons. The van der Waals surface area contributed by atoms with Crippen molar-refractivity contribution in [1.29, 1.82) is 0 Å². The molecule has 0 aromatic heterocycles. The van der Waals surface area contributed by atoms with Gasteiger partial charge in [0.15, 0.2) is 0 Å². The lowest BCUT2D eigenvalue weighted by Gasteiger charge is -2.03. The van der Waals surface area contributed by atoms with Crippen LogP contribution in [0.3, 0.4) is 0 Å². The molecule has 0 aliphatic rings. The normalized spacial score (nSPS) is 10.3. The van der Waals surface area contributed by atoms with Gasteiger partial charge in [0.05, 0.1) is 6.61 Å². The van der Waals surface area contributed by atoms with Crippen molar-refractivity contribution < 1.29 is 9.53 Å². The molecular formula is C13H25O2. The Labute approximate surface area is 94.4 Å². The first-order chi connectivity index (χ1) is 7.31. The molecule has 0 bridgehead atoms. The van der Waals surface area contributed by atoms with Crippen molar-refractivity contribution in [1.82, 2.24) is 0 Å². The van der Waals surface area contributed by atoms with Crippen LogP contribution < -0.4 is 0 Å². The Hall–Kier alpha value is -0.530. The highest BCUT2D eigenvalue weighted by atomic mass is 16.5. The molecule has 0 rings (SSSR count). The van der Waals surface area contributed by atoms with Gasteiger partial charge in [-0.3, -0.25) is 4.79 Å². The molecule has 15 heavy (non-hydrogen) atoms. The van der Waals surface area contributed by atoms with Gasteiger partial charge in [-0.25, -0.2) is 0 Å². The number of unbranched alkanes of at least 4 members (excludes halogenated alkanes) is 7. The predicted octanol–water partition coefficient (Wildman–Crippen LogP) is 3.89. The Morgan fingerprint density at radius 3 is 2.07 bits per heavy atom. The van der Waals surface area contributed by atoms with Gasteiger partial charge in [-0.15, -0.1) is 0 Å². The van der Waals surface area contributed by atoms with Gasteiger partial charge < -0.3 is 4.74 Å². The maximum absolute atomic E-state index is 10.7. The summed E-state index contributed by atoms with van der Waals surface area (Å²) in [5, 5.41) is 0. The Bertz CT molecular complexity index is 143. The van der Waals surface area contributed by atoms with Crippen molar-refractivity contribution >= 4 is 5.97 Å². The van der Waals surface area contributed by atoms with Crippen molar-refractivity contribution in [3.05, 3.63) is 6.92 Å². The van der Waals surface area contributed by atoms with Crippen LogP contribution in [0.15, 0.2) is 0 Å². The van der Waals surface area contributed by atoms with Gasteiger partial charge in [0, 0.05) is 6.42 Å². The van der Waals surface area contributed by atoms with E-state index >= 15 is 0 Å². The second-order valence-corrected chi connectivity index (χ2v) is 3.95. The lowest BCUT2D eigenvalue weighted by Crippen LogP contribution is -2.03. The van der Waals surface area contributed by atoms with E-state index in [1.54, 1.807) is 0 Å². The largest absolute Gasteiger partial charge is 0.466 e. The van der Waals surface area contributed by atoms with Gasteiger partial charge in [0.25, 0.3) is 0 Å². The molecular weight excluding hydrogens is 188 g/mol. The SMILES string of the molecule is [CH2]CC(=O)OCCCCCCCCCC. The van der Waals surface area contributed by atoms with Crippen molar-refractivity contribution in [2.24, 2.45) is 0 Å². The maximum Gasteiger partial charge on any atom is 0.305 e. The topological polar surface area (TPSA) is 26.3 Å². The Morgan fingerprint density at radius 2 is 1.53 bits per heavy atom. The molecule has 0 N–H and O–H groups in total. The third-order valence-electron chi connectivity index (χ3n) is 2.47. The first kappa shape index (κ1) is 14.5. The summed E-state index contributed by atoms with van der Waals surface area (Å²) in [6.07, 6.45) is 10.4. The quantitative estimate of drug-likeness (QED) is 0.406. The first-order valence-electron chi connectivity index (χ1n) is 6.26. The number of hydrogen-bond acceptors (Lipinski definition) is 2. The van der Waals surface area contributed by atoms with Crippen LogP contribution in [-0.2, 0) is 9.53 Å². The summed E-state index contributed by atoms with van der Waals surface area (Å²) in [7, 11) is 0. The van der Waals surface area contributed by atoms with E-state index in [9.17, 15) is 4.79 Å². The Kier molecular flexibility index (Phi) is 11.1. The highest BCUT2D eigenvalue weighted by molar-refractivity contribution is 5.69. The van der Waals surface area contributed by atoms with Crippen LogP contribution in [0.4, 0.5) is 0 Å². The van der Waals surface area contributed by atoms with E-state index in [0.717, 1.165) is 6.42 Å². The van der Waals surface area contributed by atoms with E-state index in [2.05, 4.69) is 13.8 Å². The molecule has 0 atom stereocenters. The third-order valence-corrected chi connectivity index (χ3v) is 2.47. The van der Waals surface area contributed by atoms with Gasteiger partial charge >= 0.3 is 5.97 Å². The molecule has 0 spiro atoms. The molecule has 0 amide bonds. The van der Waals surface area contributed by atoms with Gasteiger partial charge in [0.1, 0.15) is 0 Å². The van der Waals surface area contributed by atoms with E-state index < -0.39 is 0 Å². The molecule has 0 unspecified atom stereocenters. The number of ether oxygens (including phenoxy) is 1.